The summed E-state index contributed by atoms with van der Waals surface area (Å²) in [6, 6.07) is 3.89. The number of aliphatic hydroxyl groups is 1. The molecule has 0 spiro atoms. The average Bonchev–Trinajstić information content (AvgIpc) is 2.22. The molecular weight excluding hydrogens is 260 g/mol. The van der Waals surface area contributed by atoms with Crippen molar-refractivity contribution in [2.75, 3.05) is 20.8 Å². The van der Waals surface area contributed by atoms with Crippen molar-refractivity contribution >= 4 is 15.9 Å². The quantitative estimate of drug-likeness (QED) is 0.894. The van der Waals surface area contributed by atoms with E-state index in [9.17, 15) is 0 Å². The van der Waals surface area contributed by atoms with Gasteiger partial charge < -0.3 is 14.6 Å². The summed E-state index contributed by atoms with van der Waals surface area (Å²) in [5.41, 5.74) is 2.12. The molecule has 0 radical (unpaired) electrons. The van der Waals surface area contributed by atoms with E-state index in [-0.39, 0.29) is 6.61 Å². The molecule has 1 N–H and O–H groups in total. The van der Waals surface area contributed by atoms with E-state index >= 15 is 0 Å². The third-order valence-electron chi connectivity index (χ3n) is 2.16. The van der Waals surface area contributed by atoms with Crippen LogP contribution in [0.1, 0.15) is 11.1 Å². The standard InChI is InChI=1S/C11H15BrO3/c1-14-7-9-6-11(15-2)10(12)5-8(9)3-4-13/h5-6,13H,3-4,7H2,1-2H3. The number of benzene rings is 1. The number of ether oxygens (including phenoxy) is 2. The highest BCUT2D eigenvalue weighted by Gasteiger charge is 2.08. The summed E-state index contributed by atoms with van der Waals surface area (Å²) >= 11 is 3.42. The first-order chi connectivity index (χ1) is 7.22. The van der Waals surface area contributed by atoms with E-state index in [1.807, 2.05) is 12.1 Å². The van der Waals surface area contributed by atoms with Crippen LogP contribution in [0.3, 0.4) is 0 Å². The summed E-state index contributed by atoms with van der Waals surface area (Å²) in [7, 11) is 3.28. The second kappa shape index (κ2) is 6.10. The number of hydrogen-bond acceptors (Lipinski definition) is 3. The van der Waals surface area contributed by atoms with Gasteiger partial charge in [-0.05, 0) is 45.6 Å². The van der Waals surface area contributed by atoms with Crippen molar-refractivity contribution in [2.24, 2.45) is 0 Å². The zero-order valence-corrected chi connectivity index (χ0v) is 10.5. The van der Waals surface area contributed by atoms with Crippen molar-refractivity contribution in [2.45, 2.75) is 13.0 Å². The normalized spacial score (nSPS) is 10.4. The topological polar surface area (TPSA) is 38.7 Å². The van der Waals surface area contributed by atoms with Gasteiger partial charge >= 0.3 is 0 Å². The zero-order chi connectivity index (χ0) is 11.3. The van der Waals surface area contributed by atoms with E-state index in [2.05, 4.69) is 15.9 Å². The predicted molar refractivity (Wildman–Crippen MR) is 62.2 cm³/mol. The molecule has 15 heavy (non-hydrogen) atoms. The van der Waals surface area contributed by atoms with Crippen LogP contribution < -0.4 is 4.74 Å². The Morgan fingerprint density at radius 1 is 1.27 bits per heavy atom. The van der Waals surface area contributed by atoms with E-state index < -0.39 is 0 Å². The minimum atomic E-state index is 0.134. The number of rotatable bonds is 5. The summed E-state index contributed by atoms with van der Waals surface area (Å²) in [6.45, 7) is 0.661. The largest absolute Gasteiger partial charge is 0.496 e. The minimum Gasteiger partial charge on any atom is -0.496 e. The summed E-state index contributed by atoms with van der Waals surface area (Å²) in [5.74, 6) is 0.781. The van der Waals surface area contributed by atoms with Gasteiger partial charge in [-0.1, -0.05) is 0 Å². The third-order valence-corrected chi connectivity index (χ3v) is 2.77. The number of hydrogen-bond donors (Lipinski definition) is 1. The van der Waals surface area contributed by atoms with Gasteiger partial charge in [-0.3, -0.25) is 0 Å². The number of methoxy groups -OCH3 is 2. The Kier molecular flexibility index (Phi) is 5.08. The van der Waals surface area contributed by atoms with Crippen molar-refractivity contribution in [1.82, 2.24) is 0 Å². The SMILES string of the molecule is COCc1cc(OC)c(Br)cc1CCO. The van der Waals surface area contributed by atoms with Gasteiger partial charge in [0, 0.05) is 13.7 Å². The maximum Gasteiger partial charge on any atom is 0.133 e. The summed E-state index contributed by atoms with van der Waals surface area (Å²) in [6.07, 6.45) is 0.626. The van der Waals surface area contributed by atoms with Gasteiger partial charge in [0.25, 0.3) is 0 Å². The molecule has 1 rings (SSSR count). The smallest absolute Gasteiger partial charge is 0.133 e. The number of halogens is 1. The first-order valence-electron chi connectivity index (χ1n) is 4.68. The van der Waals surface area contributed by atoms with Crippen LogP contribution in [-0.4, -0.2) is 25.9 Å². The molecule has 0 fully saturated rings. The molecule has 0 saturated carbocycles. The fraction of sp³-hybridized carbons (Fsp3) is 0.455. The fourth-order valence-corrected chi connectivity index (χ4v) is 1.99. The van der Waals surface area contributed by atoms with Crippen LogP contribution in [0, 0.1) is 0 Å². The van der Waals surface area contributed by atoms with E-state index in [0.29, 0.717) is 13.0 Å². The van der Waals surface area contributed by atoms with Crippen LogP contribution >= 0.6 is 15.9 Å². The van der Waals surface area contributed by atoms with Gasteiger partial charge in [0.05, 0.1) is 18.2 Å². The molecule has 0 aliphatic heterocycles. The molecule has 0 amide bonds. The minimum absolute atomic E-state index is 0.134. The van der Waals surface area contributed by atoms with Crippen LogP contribution in [0.5, 0.6) is 5.75 Å². The van der Waals surface area contributed by atoms with Gasteiger partial charge in [-0.2, -0.15) is 0 Å². The van der Waals surface area contributed by atoms with Gasteiger partial charge in [0.15, 0.2) is 0 Å². The predicted octanol–water partition coefficient (Wildman–Crippen LogP) is 2.14. The molecule has 0 bridgehead atoms. The molecule has 0 aliphatic carbocycles. The maximum atomic E-state index is 8.94. The van der Waals surface area contributed by atoms with Gasteiger partial charge in [-0.25, -0.2) is 0 Å². The highest BCUT2D eigenvalue weighted by atomic mass is 79.9. The molecule has 0 aromatic heterocycles. The molecule has 1 aromatic rings. The summed E-state index contributed by atoms with van der Waals surface area (Å²) < 4.78 is 11.2. The molecule has 0 atom stereocenters. The van der Waals surface area contributed by atoms with Gasteiger partial charge in [0.1, 0.15) is 5.75 Å². The van der Waals surface area contributed by atoms with Crippen LogP contribution in [-0.2, 0) is 17.8 Å². The van der Waals surface area contributed by atoms with Crippen LogP contribution in [0.4, 0.5) is 0 Å². The Bertz CT molecular complexity index is 326. The zero-order valence-electron chi connectivity index (χ0n) is 8.92. The van der Waals surface area contributed by atoms with Crippen LogP contribution in [0.25, 0.3) is 0 Å². The first-order valence-corrected chi connectivity index (χ1v) is 5.47. The second-order valence-corrected chi connectivity index (χ2v) is 4.02. The Morgan fingerprint density at radius 3 is 2.53 bits per heavy atom. The molecule has 3 nitrogen and oxygen atoms in total. The molecule has 0 unspecified atom stereocenters. The maximum absolute atomic E-state index is 8.94. The van der Waals surface area contributed by atoms with Crippen LogP contribution in [0.15, 0.2) is 16.6 Å². The molecule has 4 heteroatoms. The summed E-state index contributed by atoms with van der Waals surface area (Å²) in [5, 5.41) is 8.94. The Balaban J connectivity index is 3.07. The number of aliphatic hydroxyl groups excluding tert-OH is 1. The molecular formula is C11H15BrO3. The summed E-state index contributed by atoms with van der Waals surface area (Å²) in [4.78, 5) is 0. The average molecular weight is 275 g/mol. The third kappa shape index (κ3) is 3.19. The lowest BCUT2D eigenvalue weighted by molar-refractivity contribution is 0.183. The first kappa shape index (κ1) is 12.5. The van der Waals surface area contributed by atoms with Crippen LogP contribution in [0.2, 0.25) is 0 Å². The van der Waals surface area contributed by atoms with Gasteiger partial charge in [0.2, 0.25) is 0 Å². The monoisotopic (exact) mass is 274 g/mol. The van der Waals surface area contributed by atoms with E-state index in [1.54, 1.807) is 14.2 Å². The molecule has 0 aliphatic rings. The van der Waals surface area contributed by atoms with Crippen molar-refractivity contribution in [3.8, 4) is 5.75 Å². The van der Waals surface area contributed by atoms with Crippen molar-refractivity contribution in [3.05, 3.63) is 27.7 Å². The van der Waals surface area contributed by atoms with E-state index in [0.717, 1.165) is 21.3 Å². The van der Waals surface area contributed by atoms with Gasteiger partial charge in [-0.15, -0.1) is 0 Å². The lowest BCUT2D eigenvalue weighted by atomic mass is 10.1. The van der Waals surface area contributed by atoms with E-state index in [1.165, 1.54) is 0 Å². The Hall–Kier alpha value is -0.580. The molecule has 0 heterocycles. The molecule has 0 saturated heterocycles. The van der Waals surface area contributed by atoms with E-state index in [4.69, 9.17) is 14.6 Å². The Labute approximate surface area is 98.1 Å². The second-order valence-electron chi connectivity index (χ2n) is 3.16. The lowest BCUT2D eigenvalue weighted by Gasteiger charge is -2.11. The molecule has 84 valence electrons. The highest BCUT2D eigenvalue weighted by molar-refractivity contribution is 9.10. The molecule has 1 aromatic carbocycles. The fourth-order valence-electron chi connectivity index (χ4n) is 1.44. The Morgan fingerprint density at radius 2 is 2.00 bits per heavy atom. The lowest BCUT2D eigenvalue weighted by Crippen LogP contribution is -2.00. The van der Waals surface area contributed by atoms with Crippen molar-refractivity contribution in [3.63, 3.8) is 0 Å². The van der Waals surface area contributed by atoms with Crippen molar-refractivity contribution < 1.29 is 14.6 Å². The highest BCUT2D eigenvalue weighted by Crippen LogP contribution is 2.29. The van der Waals surface area contributed by atoms with Crippen molar-refractivity contribution in [1.29, 1.82) is 0 Å².